The Balaban J connectivity index is 2.10. The monoisotopic (exact) mass is 337 g/mol. The smallest absolute Gasteiger partial charge is 0.252 e. The van der Waals surface area contributed by atoms with E-state index >= 15 is 0 Å². The van der Waals surface area contributed by atoms with Gasteiger partial charge >= 0.3 is 0 Å². The first-order valence-corrected chi connectivity index (χ1v) is 7.03. The Morgan fingerprint density at radius 1 is 1.26 bits per heavy atom. The van der Waals surface area contributed by atoms with E-state index in [4.69, 9.17) is 11.6 Å². The van der Waals surface area contributed by atoms with Crippen molar-refractivity contribution < 1.29 is 4.79 Å². The van der Waals surface area contributed by atoms with Gasteiger partial charge < -0.3 is 5.32 Å². The van der Waals surface area contributed by atoms with E-state index in [0.29, 0.717) is 17.1 Å². The molecule has 2 nitrogen and oxygen atoms in total. The standard InChI is InChI=1S/C15H13BrClNO/c1-10-4-2-3-5-11(10)9-18-15(19)13-8-12(17)6-7-14(13)16/h2-8H,9H2,1H3,(H,18,19). The summed E-state index contributed by atoms with van der Waals surface area (Å²) in [5.74, 6) is -0.141. The second kappa shape index (κ2) is 6.22. The van der Waals surface area contributed by atoms with E-state index < -0.39 is 0 Å². The van der Waals surface area contributed by atoms with Gasteiger partial charge in [0.05, 0.1) is 5.56 Å². The minimum Gasteiger partial charge on any atom is -0.348 e. The second-order valence-electron chi connectivity index (χ2n) is 4.23. The fraction of sp³-hybridized carbons (Fsp3) is 0.133. The lowest BCUT2D eigenvalue weighted by Gasteiger charge is -2.09. The summed E-state index contributed by atoms with van der Waals surface area (Å²) in [6, 6.07) is 13.1. The molecule has 0 heterocycles. The van der Waals surface area contributed by atoms with Gasteiger partial charge in [0.1, 0.15) is 0 Å². The summed E-state index contributed by atoms with van der Waals surface area (Å²) in [6.07, 6.45) is 0. The molecular weight excluding hydrogens is 326 g/mol. The number of benzene rings is 2. The van der Waals surface area contributed by atoms with Crippen LogP contribution in [0.25, 0.3) is 0 Å². The van der Waals surface area contributed by atoms with E-state index in [0.717, 1.165) is 15.6 Å². The van der Waals surface area contributed by atoms with Crippen LogP contribution < -0.4 is 5.32 Å². The van der Waals surface area contributed by atoms with Gasteiger partial charge in [-0.1, -0.05) is 35.9 Å². The first-order valence-electron chi connectivity index (χ1n) is 5.85. The SMILES string of the molecule is Cc1ccccc1CNC(=O)c1cc(Cl)ccc1Br. The molecule has 0 spiro atoms. The summed E-state index contributed by atoms with van der Waals surface area (Å²) in [5, 5.41) is 3.44. The molecule has 0 fully saturated rings. The molecule has 0 unspecified atom stereocenters. The molecule has 2 aromatic carbocycles. The highest BCUT2D eigenvalue weighted by Gasteiger charge is 2.10. The van der Waals surface area contributed by atoms with Crippen molar-refractivity contribution in [2.45, 2.75) is 13.5 Å². The fourth-order valence-corrected chi connectivity index (χ4v) is 2.35. The summed E-state index contributed by atoms with van der Waals surface area (Å²) in [5.41, 5.74) is 2.81. The van der Waals surface area contributed by atoms with Crippen molar-refractivity contribution in [3.63, 3.8) is 0 Å². The van der Waals surface area contributed by atoms with Gasteiger partial charge in [-0.05, 0) is 52.2 Å². The molecule has 0 bridgehead atoms. The van der Waals surface area contributed by atoms with Crippen molar-refractivity contribution in [3.8, 4) is 0 Å². The Morgan fingerprint density at radius 2 is 2.00 bits per heavy atom. The van der Waals surface area contributed by atoms with Crippen LogP contribution in [0.15, 0.2) is 46.9 Å². The van der Waals surface area contributed by atoms with Crippen LogP contribution in [-0.4, -0.2) is 5.91 Å². The highest BCUT2D eigenvalue weighted by atomic mass is 79.9. The predicted molar refractivity (Wildman–Crippen MR) is 81.5 cm³/mol. The van der Waals surface area contributed by atoms with Crippen LogP contribution in [0.4, 0.5) is 0 Å². The Kier molecular flexibility index (Phi) is 4.61. The van der Waals surface area contributed by atoms with Crippen molar-refractivity contribution in [1.82, 2.24) is 5.32 Å². The average Bonchev–Trinajstić information content (AvgIpc) is 2.40. The van der Waals surface area contributed by atoms with E-state index in [-0.39, 0.29) is 5.91 Å². The zero-order valence-corrected chi connectivity index (χ0v) is 12.8. The minimum absolute atomic E-state index is 0.141. The maximum Gasteiger partial charge on any atom is 0.252 e. The third-order valence-electron chi connectivity index (χ3n) is 2.87. The maximum atomic E-state index is 12.1. The van der Waals surface area contributed by atoms with Crippen LogP contribution >= 0.6 is 27.5 Å². The Morgan fingerprint density at radius 3 is 2.74 bits per heavy atom. The summed E-state index contributed by atoms with van der Waals surface area (Å²) in [7, 11) is 0. The van der Waals surface area contributed by atoms with E-state index in [2.05, 4.69) is 21.2 Å². The van der Waals surface area contributed by atoms with Gasteiger partial charge in [-0.2, -0.15) is 0 Å². The van der Waals surface area contributed by atoms with Gasteiger partial charge in [-0.3, -0.25) is 4.79 Å². The molecule has 4 heteroatoms. The van der Waals surface area contributed by atoms with Crippen molar-refractivity contribution in [3.05, 3.63) is 68.7 Å². The summed E-state index contributed by atoms with van der Waals surface area (Å²) in [4.78, 5) is 12.1. The van der Waals surface area contributed by atoms with Crippen molar-refractivity contribution in [1.29, 1.82) is 0 Å². The third-order valence-corrected chi connectivity index (χ3v) is 3.80. The molecule has 0 aliphatic carbocycles. The third kappa shape index (κ3) is 3.58. The van der Waals surface area contributed by atoms with E-state index in [1.54, 1.807) is 18.2 Å². The van der Waals surface area contributed by atoms with Crippen molar-refractivity contribution in [2.75, 3.05) is 0 Å². The number of halogens is 2. The molecule has 0 saturated heterocycles. The van der Waals surface area contributed by atoms with Crippen molar-refractivity contribution in [2.24, 2.45) is 0 Å². The molecule has 0 aromatic heterocycles. The molecule has 0 saturated carbocycles. The number of carbonyl (C=O) groups is 1. The Bertz CT molecular complexity index is 613. The number of rotatable bonds is 3. The van der Waals surface area contributed by atoms with Crippen LogP contribution in [0.5, 0.6) is 0 Å². The molecule has 2 aromatic rings. The molecule has 0 aliphatic heterocycles. The molecule has 98 valence electrons. The molecule has 2 rings (SSSR count). The normalized spacial score (nSPS) is 10.3. The Hall–Kier alpha value is -1.32. The first-order chi connectivity index (χ1) is 9.08. The lowest BCUT2D eigenvalue weighted by atomic mass is 10.1. The lowest BCUT2D eigenvalue weighted by molar-refractivity contribution is 0.0950. The number of amides is 1. The topological polar surface area (TPSA) is 29.1 Å². The molecule has 0 aliphatic rings. The van der Waals surface area contributed by atoms with Gasteiger partial charge in [0, 0.05) is 16.0 Å². The van der Waals surface area contributed by atoms with E-state index in [9.17, 15) is 4.79 Å². The van der Waals surface area contributed by atoms with Crippen molar-refractivity contribution >= 4 is 33.4 Å². The van der Waals surface area contributed by atoms with Gasteiger partial charge in [-0.15, -0.1) is 0 Å². The minimum atomic E-state index is -0.141. The predicted octanol–water partition coefficient (Wildman–Crippen LogP) is 4.34. The fourth-order valence-electron chi connectivity index (χ4n) is 1.75. The van der Waals surface area contributed by atoms with Gasteiger partial charge in [0.25, 0.3) is 5.91 Å². The number of nitrogens with one attached hydrogen (secondary N) is 1. The molecule has 1 amide bonds. The van der Waals surface area contributed by atoms with E-state index in [1.807, 2.05) is 31.2 Å². The number of hydrogen-bond donors (Lipinski definition) is 1. The van der Waals surface area contributed by atoms with Gasteiger partial charge in [-0.25, -0.2) is 0 Å². The number of hydrogen-bond acceptors (Lipinski definition) is 1. The summed E-state index contributed by atoms with van der Waals surface area (Å²) in [6.45, 7) is 2.53. The zero-order valence-electron chi connectivity index (χ0n) is 10.4. The largest absolute Gasteiger partial charge is 0.348 e. The summed E-state index contributed by atoms with van der Waals surface area (Å²) < 4.78 is 0.735. The van der Waals surface area contributed by atoms with Crippen LogP contribution in [0.2, 0.25) is 5.02 Å². The quantitative estimate of drug-likeness (QED) is 0.886. The number of aryl methyl sites for hydroxylation is 1. The average molecular weight is 339 g/mol. The lowest BCUT2D eigenvalue weighted by Crippen LogP contribution is -2.23. The highest BCUT2D eigenvalue weighted by molar-refractivity contribution is 9.10. The first kappa shape index (κ1) is 14.1. The highest BCUT2D eigenvalue weighted by Crippen LogP contribution is 2.21. The molecule has 1 N–H and O–H groups in total. The van der Waals surface area contributed by atoms with Crippen LogP contribution in [0.3, 0.4) is 0 Å². The second-order valence-corrected chi connectivity index (χ2v) is 5.52. The maximum absolute atomic E-state index is 12.1. The van der Waals surface area contributed by atoms with E-state index in [1.165, 1.54) is 0 Å². The van der Waals surface area contributed by atoms with Crippen LogP contribution in [0, 0.1) is 6.92 Å². The van der Waals surface area contributed by atoms with Crippen LogP contribution in [-0.2, 0) is 6.54 Å². The zero-order chi connectivity index (χ0) is 13.8. The number of carbonyl (C=O) groups excluding carboxylic acids is 1. The molecular formula is C15H13BrClNO. The van der Waals surface area contributed by atoms with Gasteiger partial charge in [0.2, 0.25) is 0 Å². The summed E-state index contributed by atoms with van der Waals surface area (Å²) >= 11 is 9.25. The van der Waals surface area contributed by atoms with Crippen LogP contribution in [0.1, 0.15) is 21.5 Å². The molecule has 19 heavy (non-hydrogen) atoms. The van der Waals surface area contributed by atoms with Gasteiger partial charge in [0.15, 0.2) is 0 Å². The molecule has 0 atom stereocenters. The Labute approximate surface area is 125 Å². The molecule has 0 radical (unpaired) electrons.